The molecule has 0 radical (unpaired) electrons. The molecule has 1 N–H and O–H groups in total. The van der Waals surface area contributed by atoms with Crippen molar-refractivity contribution in [2.75, 3.05) is 13.2 Å². The summed E-state index contributed by atoms with van der Waals surface area (Å²) in [6, 6.07) is 1.78. The van der Waals surface area contributed by atoms with Crippen LogP contribution in [0.15, 0.2) is 17.5 Å². The van der Waals surface area contributed by atoms with Gasteiger partial charge in [0.05, 0.1) is 18.8 Å². The second-order valence-electron chi connectivity index (χ2n) is 4.62. The quantitative estimate of drug-likeness (QED) is 0.946. The molecule has 4 nitrogen and oxygen atoms in total. The van der Waals surface area contributed by atoms with Gasteiger partial charge in [0, 0.05) is 5.38 Å². The van der Waals surface area contributed by atoms with E-state index in [4.69, 9.17) is 9.84 Å². The highest BCUT2D eigenvalue weighted by Crippen LogP contribution is 2.37. The molecule has 1 fully saturated rings. The maximum atomic E-state index is 14.1. The maximum absolute atomic E-state index is 14.1. The molecule has 0 atom stereocenters. The molecule has 1 aromatic carbocycles. The number of carboxylic acids is 1. The Hall–Kier alpha value is -1.93. The zero-order valence-electron chi connectivity index (χ0n) is 10.4. The number of thiazole rings is 1. The first-order valence-electron chi connectivity index (χ1n) is 5.86. The van der Waals surface area contributed by atoms with Crippen LogP contribution in [0.1, 0.15) is 16.1 Å². The Kier molecular flexibility index (Phi) is 3.22. The highest BCUT2D eigenvalue weighted by atomic mass is 32.1. The summed E-state index contributed by atoms with van der Waals surface area (Å²) < 4.78 is 47.0. The van der Waals surface area contributed by atoms with Gasteiger partial charge < -0.3 is 9.84 Å². The van der Waals surface area contributed by atoms with Crippen LogP contribution in [0, 0.1) is 11.6 Å². The average molecular weight is 315 g/mol. The SMILES string of the molecule is O=C(O)c1csc(-c2c(F)cc(C3(F)COC3)cc2F)n1. The number of rotatable bonds is 3. The van der Waals surface area contributed by atoms with Crippen molar-refractivity contribution in [3.63, 3.8) is 0 Å². The molecule has 2 aromatic rings. The Morgan fingerprint density at radius 2 is 1.95 bits per heavy atom. The number of aromatic carboxylic acids is 1. The Morgan fingerprint density at radius 3 is 2.38 bits per heavy atom. The lowest BCUT2D eigenvalue weighted by molar-refractivity contribution is -0.135. The van der Waals surface area contributed by atoms with E-state index in [2.05, 4.69) is 4.98 Å². The maximum Gasteiger partial charge on any atom is 0.355 e. The summed E-state index contributed by atoms with van der Waals surface area (Å²) >= 11 is 0.802. The third-order valence-electron chi connectivity index (χ3n) is 3.16. The zero-order chi connectivity index (χ0) is 15.2. The van der Waals surface area contributed by atoms with Gasteiger partial charge in [0.1, 0.15) is 16.6 Å². The van der Waals surface area contributed by atoms with Gasteiger partial charge in [0.15, 0.2) is 11.4 Å². The smallest absolute Gasteiger partial charge is 0.355 e. The van der Waals surface area contributed by atoms with Gasteiger partial charge in [0.25, 0.3) is 0 Å². The minimum absolute atomic E-state index is 0.105. The normalized spacial score (nSPS) is 16.5. The molecular formula is C13H8F3NO3S. The van der Waals surface area contributed by atoms with E-state index >= 15 is 0 Å². The summed E-state index contributed by atoms with van der Waals surface area (Å²) in [7, 11) is 0. The van der Waals surface area contributed by atoms with Crippen molar-refractivity contribution in [3.8, 4) is 10.6 Å². The lowest BCUT2D eigenvalue weighted by atomic mass is 9.93. The third-order valence-corrected chi connectivity index (χ3v) is 4.02. The number of hydrogen-bond donors (Lipinski definition) is 1. The van der Waals surface area contributed by atoms with Crippen molar-refractivity contribution in [2.24, 2.45) is 0 Å². The number of hydrogen-bond acceptors (Lipinski definition) is 4. The van der Waals surface area contributed by atoms with Gasteiger partial charge in [-0.15, -0.1) is 11.3 Å². The topological polar surface area (TPSA) is 59.4 Å². The van der Waals surface area contributed by atoms with Gasteiger partial charge in [-0.3, -0.25) is 0 Å². The number of carbonyl (C=O) groups is 1. The van der Waals surface area contributed by atoms with Crippen LogP contribution in [0.4, 0.5) is 13.2 Å². The van der Waals surface area contributed by atoms with Gasteiger partial charge in [-0.05, 0) is 17.7 Å². The second kappa shape index (κ2) is 4.81. The van der Waals surface area contributed by atoms with Crippen molar-refractivity contribution < 1.29 is 27.8 Å². The number of ether oxygens (including phenoxy) is 1. The number of carboxylic acid groups (broad SMARTS) is 1. The lowest BCUT2D eigenvalue weighted by Gasteiger charge is -2.34. The van der Waals surface area contributed by atoms with Crippen LogP contribution in [0.3, 0.4) is 0 Å². The van der Waals surface area contributed by atoms with Gasteiger partial charge in [-0.1, -0.05) is 0 Å². The van der Waals surface area contributed by atoms with Gasteiger partial charge in [0.2, 0.25) is 0 Å². The first kappa shape index (κ1) is 14.0. The molecule has 3 rings (SSSR count). The third kappa shape index (κ3) is 2.30. The van der Waals surface area contributed by atoms with E-state index in [0.717, 1.165) is 23.5 Å². The number of halogens is 3. The summed E-state index contributed by atoms with van der Waals surface area (Å²) in [6.07, 6.45) is 0. The summed E-state index contributed by atoms with van der Waals surface area (Å²) in [6.45, 7) is -0.489. The van der Waals surface area contributed by atoms with E-state index in [1.54, 1.807) is 0 Å². The fourth-order valence-corrected chi connectivity index (χ4v) is 2.81. The largest absolute Gasteiger partial charge is 0.476 e. The molecule has 110 valence electrons. The molecule has 1 aromatic heterocycles. The first-order chi connectivity index (χ1) is 9.90. The van der Waals surface area contributed by atoms with E-state index in [0.29, 0.717) is 0 Å². The molecule has 21 heavy (non-hydrogen) atoms. The summed E-state index contributed by atoms with van der Waals surface area (Å²) in [5.74, 6) is -3.26. The van der Waals surface area contributed by atoms with E-state index in [9.17, 15) is 18.0 Å². The number of nitrogens with zero attached hydrogens (tertiary/aromatic N) is 1. The van der Waals surface area contributed by atoms with Crippen molar-refractivity contribution in [1.82, 2.24) is 4.98 Å². The van der Waals surface area contributed by atoms with Crippen LogP contribution in [-0.4, -0.2) is 29.3 Å². The van der Waals surface area contributed by atoms with Crippen molar-refractivity contribution in [2.45, 2.75) is 5.67 Å². The van der Waals surface area contributed by atoms with Gasteiger partial charge in [-0.2, -0.15) is 0 Å². The molecule has 1 aliphatic heterocycles. The van der Waals surface area contributed by atoms with Gasteiger partial charge in [-0.25, -0.2) is 22.9 Å². The molecule has 8 heteroatoms. The van der Waals surface area contributed by atoms with E-state index in [1.165, 1.54) is 5.38 Å². The lowest BCUT2D eigenvalue weighted by Crippen LogP contribution is -2.42. The summed E-state index contributed by atoms with van der Waals surface area (Å²) in [5.41, 5.74) is -2.77. The van der Waals surface area contributed by atoms with Crippen molar-refractivity contribution >= 4 is 17.3 Å². The summed E-state index contributed by atoms with van der Waals surface area (Å²) in [5, 5.41) is 9.84. The van der Waals surface area contributed by atoms with Crippen LogP contribution >= 0.6 is 11.3 Å². The van der Waals surface area contributed by atoms with E-state index < -0.39 is 28.8 Å². The Morgan fingerprint density at radius 1 is 1.33 bits per heavy atom. The van der Waals surface area contributed by atoms with E-state index in [1.807, 2.05) is 0 Å². The molecule has 0 bridgehead atoms. The monoisotopic (exact) mass is 315 g/mol. The molecule has 0 unspecified atom stereocenters. The highest BCUT2D eigenvalue weighted by Gasteiger charge is 2.41. The van der Waals surface area contributed by atoms with Crippen LogP contribution < -0.4 is 0 Å². The van der Waals surface area contributed by atoms with Crippen molar-refractivity contribution in [1.29, 1.82) is 0 Å². The summed E-state index contributed by atoms with van der Waals surface area (Å²) in [4.78, 5) is 14.4. The molecular weight excluding hydrogens is 307 g/mol. The van der Waals surface area contributed by atoms with Crippen LogP contribution in [0.25, 0.3) is 10.6 Å². The molecule has 1 aliphatic rings. The molecule has 0 saturated carbocycles. The fraction of sp³-hybridized carbons (Fsp3) is 0.231. The molecule has 1 saturated heterocycles. The van der Waals surface area contributed by atoms with Gasteiger partial charge >= 0.3 is 5.97 Å². The molecule has 0 amide bonds. The minimum Gasteiger partial charge on any atom is -0.476 e. The molecule has 2 heterocycles. The Balaban J connectivity index is 2.05. The van der Waals surface area contributed by atoms with Crippen molar-refractivity contribution in [3.05, 3.63) is 40.4 Å². The Labute approximate surface area is 120 Å². The van der Waals surface area contributed by atoms with Crippen LogP contribution in [-0.2, 0) is 10.4 Å². The van der Waals surface area contributed by atoms with Crippen LogP contribution in [0.5, 0.6) is 0 Å². The van der Waals surface area contributed by atoms with Crippen LogP contribution in [0.2, 0.25) is 0 Å². The average Bonchev–Trinajstić information content (AvgIpc) is 2.84. The number of alkyl halides is 1. The Bertz CT molecular complexity index is 704. The first-order valence-corrected chi connectivity index (χ1v) is 6.74. The number of benzene rings is 1. The second-order valence-corrected chi connectivity index (χ2v) is 5.47. The van der Waals surface area contributed by atoms with E-state index in [-0.39, 0.29) is 29.5 Å². The predicted octanol–water partition coefficient (Wildman–Crippen LogP) is 2.98. The zero-order valence-corrected chi connectivity index (χ0v) is 11.2. The highest BCUT2D eigenvalue weighted by molar-refractivity contribution is 7.13. The number of aromatic nitrogens is 1. The molecule has 0 aliphatic carbocycles. The standard InChI is InChI=1S/C13H8F3NO3S/c14-7-1-6(13(16)4-20-5-13)2-8(15)10(7)11-17-9(3-21-11)12(18)19/h1-3H,4-5H2,(H,18,19). The minimum atomic E-state index is -1.88. The molecule has 0 spiro atoms. The predicted molar refractivity (Wildman–Crippen MR) is 68.0 cm³/mol. The fourth-order valence-electron chi connectivity index (χ4n) is 1.97.